The van der Waals surface area contributed by atoms with E-state index in [1.54, 1.807) is 31.1 Å². The maximum absolute atomic E-state index is 12.4. The molecule has 8 nitrogen and oxygen atoms in total. The zero-order valence-electron chi connectivity index (χ0n) is 14.7. The van der Waals surface area contributed by atoms with E-state index in [1.807, 2.05) is 22.8 Å². The van der Waals surface area contributed by atoms with Crippen molar-refractivity contribution in [2.24, 2.45) is 12.0 Å². The second-order valence-corrected chi connectivity index (χ2v) is 6.69. The molecule has 0 unspecified atom stereocenters. The topological polar surface area (TPSA) is 90.5 Å². The van der Waals surface area contributed by atoms with Crippen LogP contribution in [0, 0.1) is 0 Å². The molecule has 0 radical (unpaired) electrons. The van der Waals surface area contributed by atoms with Crippen molar-refractivity contribution in [3.63, 3.8) is 0 Å². The van der Waals surface area contributed by atoms with E-state index < -0.39 is 5.91 Å². The quantitative estimate of drug-likeness (QED) is 0.738. The maximum Gasteiger partial charge on any atom is 0.300 e. The summed E-state index contributed by atoms with van der Waals surface area (Å²) in [5.74, 6) is -0.534. The number of nitrogens with zero attached hydrogens (tertiary/aromatic N) is 4. The van der Waals surface area contributed by atoms with Gasteiger partial charge in [0, 0.05) is 39.5 Å². The predicted octanol–water partition coefficient (Wildman–Crippen LogP) is 1.78. The largest absolute Gasteiger partial charge is 0.383 e. The SMILES string of the molecule is COCCn1c(=NC(=O)c2ccn(C)n2)sc2cc(NC(C)=O)ccc21. The van der Waals surface area contributed by atoms with Gasteiger partial charge in [0.2, 0.25) is 5.91 Å². The molecule has 136 valence electrons. The molecular formula is C17H19N5O3S. The number of fused-ring (bicyclic) bond motifs is 1. The Balaban J connectivity index is 2.08. The number of ether oxygens (including phenoxy) is 1. The highest BCUT2D eigenvalue weighted by Crippen LogP contribution is 2.22. The number of amides is 2. The third kappa shape index (κ3) is 3.89. The third-order valence-corrected chi connectivity index (χ3v) is 4.69. The first-order valence-corrected chi connectivity index (χ1v) is 8.78. The van der Waals surface area contributed by atoms with E-state index in [4.69, 9.17) is 4.74 Å². The van der Waals surface area contributed by atoms with Crippen LogP contribution in [0.1, 0.15) is 17.4 Å². The molecule has 2 aromatic heterocycles. The summed E-state index contributed by atoms with van der Waals surface area (Å²) in [4.78, 5) is 28.5. The van der Waals surface area contributed by atoms with Crippen LogP contribution in [0.25, 0.3) is 10.2 Å². The Kier molecular flexibility index (Phi) is 5.29. The second-order valence-electron chi connectivity index (χ2n) is 5.68. The van der Waals surface area contributed by atoms with Crippen molar-refractivity contribution in [1.82, 2.24) is 14.3 Å². The average molecular weight is 373 g/mol. The van der Waals surface area contributed by atoms with Gasteiger partial charge in [-0.1, -0.05) is 11.3 Å². The average Bonchev–Trinajstić information content (AvgIpc) is 3.15. The van der Waals surface area contributed by atoms with Crippen molar-refractivity contribution in [1.29, 1.82) is 0 Å². The van der Waals surface area contributed by atoms with Gasteiger partial charge in [0.25, 0.3) is 5.91 Å². The number of benzene rings is 1. The van der Waals surface area contributed by atoms with Crippen molar-refractivity contribution in [2.75, 3.05) is 19.0 Å². The lowest BCUT2D eigenvalue weighted by molar-refractivity contribution is -0.114. The molecule has 3 rings (SSSR count). The van der Waals surface area contributed by atoms with Crippen LogP contribution in [0.3, 0.4) is 0 Å². The van der Waals surface area contributed by atoms with E-state index in [9.17, 15) is 9.59 Å². The van der Waals surface area contributed by atoms with Crippen molar-refractivity contribution in [2.45, 2.75) is 13.5 Å². The first-order chi connectivity index (χ1) is 12.5. The van der Waals surface area contributed by atoms with Crippen LogP contribution in [0.15, 0.2) is 35.5 Å². The summed E-state index contributed by atoms with van der Waals surface area (Å²) < 4.78 is 9.58. The summed E-state index contributed by atoms with van der Waals surface area (Å²) in [5.41, 5.74) is 1.92. The lowest BCUT2D eigenvalue weighted by atomic mass is 10.3. The number of carbonyl (C=O) groups excluding carboxylic acids is 2. The van der Waals surface area contributed by atoms with Gasteiger partial charge in [-0.3, -0.25) is 14.3 Å². The number of thiazole rings is 1. The van der Waals surface area contributed by atoms with Gasteiger partial charge in [0.1, 0.15) is 0 Å². The fourth-order valence-electron chi connectivity index (χ4n) is 2.51. The lowest BCUT2D eigenvalue weighted by Gasteiger charge is -2.05. The summed E-state index contributed by atoms with van der Waals surface area (Å²) in [5, 5.41) is 6.86. The highest BCUT2D eigenvalue weighted by molar-refractivity contribution is 7.16. The second kappa shape index (κ2) is 7.63. The maximum atomic E-state index is 12.4. The van der Waals surface area contributed by atoms with E-state index in [-0.39, 0.29) is 5.91 Å². The number of nitrogens with one attached hydrogen (secondary N) is 1. The van der Waals surface area contributed by atoms with Crippen molar-refractivity contribution >= 4 is 39.1 Å². The Morgan fingerprint density at radius 3 is 2.81 bits per heavy atom. The van der Waals surface area contributed by atoms with Crippen LogP contribution in [-0.4, -0.2) is 39.9 Å². The molecule has 0 fully saturated rings. The van der Waals surface area contributed by atoms with Crippen molar-refractivity contribution in [3.05, 3.63) is 41.0 Å². The molecule has 0 saturated carbocycles. The number of anilines is 1. The Bertz CT molecular complexity index is 1030. The number of aromatic nitrogens is 3. The Morgan fingerprint density at radius 2 is 2.15 bits per heavy atom. The molecule has 9 heteroatoms. The normalized spacial score (nSPS) is 11.9. The number of hydrogen-bond acceptors (Lipinski definition) is 5. The van der Waals surface area contributed by atoms with Crippen molar-refractivity contribution < 1.29 is 14.3 Å². The number of rotatable bonds is 5. The molecule has 0 aliphatic carbocycles. The molecule has 0 aliphatic heterocycles. The smallest absolute Gasteiger partial charge is 0.300 e. The molecule has 0 atom stereocenters. The molecule has 1 N–H and O–H groups in total. The summed E-state index contributed by atoms with van der Waals surface area (Å²) in [6.07, 6.45) is 1.70. The minimum Gasteiger partial charge on any atom is -0.383 e. The Hall–Kier alpha value is -2.78. The molecule has 0 saturated heterocycles. The van der Waals surface area contributed by atoms with E-state index in [0.717, 1.165) is 10.2 Å². The summed E-state index contributed by atoms with van der Waals surface area (Å²) in [6.45, 7) is 2.51. The van der Waals surface area contributed by atoms with Crippen LogP contribution in [0.4, 0.5) is 5.69 Å². The summed E-state index contributed by atoms with van der Waals surface area (Å²) in [6, 6.07) is 7.23. The number of hydrogen-bond donors (Lipinski definition) is 1. The zero-order chi connectivity index (χ0) is 18.7. The molecule has 0 bridgehead atoms. The van der Waals surface area contributed by atoms with Gasteiger partial charge in [-0.05, 0) is 24.3 Å². The molecule has 26 heavy (non-hydrogen) atoms. The van der Waals surface area contributed by atoms with Crippen LogP contribution < -0.4 is 10.1 Å². The predicted molar refractivity (Wildman–Crippen MR) is 99.1 cm³/mol. The van der Waals surface area contributed by atoms with Gasteiger partial charge in [-0.2, -0.15) is 10.1 Å². The third-order valence-electron chi connectivity index (χ3n) is 3.65. The van der Waals surface area contributed by atoms with Gasteiger partial charge < -0.3 is 14.6 Å². The Morgan fingerprint density at radius 1 is 1.35 bits per heavy atom. The first kappa shape index (κ1) is 18.0. The molecule has 2 amide bonds. The van der Waals surface area contributed by atoms with E-state index in [2.05, 4.69) is 15.4 Å². The van der Waals surface area contributed by atoms with E-state index in [1.165, 1.54) is 18.3 Å². The molecule has 0 aliphatic rings. The van der Waals surface area contributed by atoms with Crippen molar-refractivity contribution in [3.8, 4) is 0 Å². The Labute approximate surface area is 153 Å². The summed E-state index contributed by atoms with van der Waals surface area (Å²) >= 11 is 1.38. The molecular weight excluding hydrogens is 354 g/mol. The van der Waals surface area contributed by atoms with Crippen LogP contribution in [0.2, 0.25) is 0 Å². The standard InChI is InChI=1S/C17H19N5O3S/c1-11(23)18-12-4-5-14-15(10-12)26-17(22(14)8-9-25-3)19-16(24)13-6-7-21(2)20-13/h4-7,10H,8-9H2,1-3H3,(H,18,23). The first-order valence-electron chi connectivity index (χ1n) is 7.96. The number of methoxy groups -OCH3 is 1. The molecule has 1 aromatic carbocycles. The molecule has 3 aromatic rings. The monoisotopic (exact) mass is 373 g/mol. The van der Waals surface area contributed by atoms with E-state index in [0.29, 0.717) is 29.3 Å². The summed E-state index contributed by atoms with van der Waals surface area (Å²) in [7, 11) is 3.37. The minimum atomic E-state index is -0.398. The van der Waals surface area contributed by atoms with Crippen LogP contribution in [0.5, 0.6) is 0 Å². The van der Waals surface area contributed by atoms with Crippen LogP contribution >= 0.6 is 11.3 Å². The molecule has 2 heterocycles. The van der Waals surface area contributed by atoms with Crippen LogP contribution in [-0.2, 0) is 23.1 Å². The van der Waals surface area contributed by atoms with Gasteiger partial charge in [0.15, 0.2) is 10.5 Å². The van der Waals surface area contributed by atoms with E-state index >= 15 is 0 Å². The molecule has 0 spiro atoms. The highest BCUT2D eigenvalue weighted by Gasteiger charge is 2.12. The zero-order valence-corrected chi connectivity index (χ0v) is 15.5. The fourth-order valence-corrected chi connectivity index (χ4v) is 3.61. The number of carbonyl (C=O) groups is 2. The highest BCUT2D eigenvalue weighted by atomic mass is 32.1. The minimum absolute atomic E-state index is 0.136. The van der Waals surface area contributed by atoms with Gasteiger partial charge in [-0.25, -0.2) is 0 Å². The van der Waals surface area contributed by atoms with Gasteiger partial charge in [0.05, 0.1) is 16.8 Å². The fraction of sp³-hybridized carbons (Fsp3) is 0.294. The lowest BCUT2D eigenvalue weighted by Crippen LogP contribution is -2.19. The number of aryl methyl sites for hydroxylation is 1. The van der Waals surface area contributed by atoms with Gasteiger partial charge in [-0.15, -0.1) is 0 Å². The van der Waals surface area contributed by atoms with Gasteiger partial charge >= 0.3 is 0 Å².